The second-order valence-corrected chi connectivity index (χ2v) is 8.25. The molecule has 1 aromatic heterocycles. The Bertz CT molecular complexity index is 1490. The van der Waals surface area contributed by atoms with Gasteiger partial charge in [-0.3, -0.25) is 24.3 Å². The third-order valence-electron chi connectivity index (χ3n) is 5.93. The van der Waals surface area contributed by atoms with Crippen LogP contribution in [0.2, 0.25) is 0 Å². The SMILES string of the molecule is CC(=O)Nc1ccc(N2C(=O)C(=O)/C(=C(\O)c3ccc4ccccc4c3)C2c2cccnc2)cc1. The lowest BCUT2D eigenvalue weighted by atomic mass is 9.95. The molecule has 1 fully saturated rings. The lowest BCUT2D eigenvalue weighted by Crippen LogP contribution is -2.29. The highest BCUT2D eigenvalue weighted by molar-refractivity contribution is 6.51. The first-order chi connectivity index (χ1) is 16.9. The number of aliphatic hydroxyl groups excluding tert-OH is 1. The van der Waals surface area contributed by atoms with Crippen molar-refractivity contribution in [2.75, 3.05) is 10.2 Å². The normalized spacial score (nSPS) is 17.1. The molecule has 1 unspecified atom stereocenters. The van der Waals surface area contributed by atoms with E-state index in [1.54, 1.807) is 60.9 Å². The fraction of sp³-hybridized carbons (Fsp3) is 0.0714. The van der Waals surface area contributed by atoms with Gasteiger partial charge in [-0.2, -0.15) is 0 Å². The number of fused-ring (bicyclic) bond motifs is 1. The van der Waals surface area contributed by atoms with Crippen molar-refractivity contribution >= 4 is 45.5 Å². The van der Waals surface area contributed by atoms with Crippen LogP contribution in [-0.2, 0) is 14.4 Å². The van der Waals surface area contributed by atoms with Gasteiger partial charge in [0.25, 0.3) is 11.7 Å². The second kappa shape index (κ2) is 8.87. The lowest BCUT2D eigenvalue weighted by molar-refractivity contribution is -0.132. The Kier molecular flexibility index (Phi) is 5.58. The van der Waals surface area contributed by atoms with Gasteiger partial charge < -0.3 is 10.4 Å². The van der Waals surface area contributed by atoms with Gasteiger partial charge >= 0.3 is 0 Å². The number of hydrogen-bond donors (Lipinski definition) is 2. The molecule has 0 bridgehead atoms. The number of benzene rings is 3. The summed E-state index contributed by atoms with van der Waals surface area (Å²) in [7, 11) is 0. The number of nitrogens with zero attached hydrogens (tertiary/aromatic N) is 2. The van der Waals surface area contributed by atoms with Crippen LogP contribution in [0.4, 0.5) is 11.4 Å². The Morgan fingerprint density at radius 1 is 0.943 bits per heavy atom. The first kappa shape index (κ1) is 22.0. The molecule has 1 aliphatic rings. The van der Waals surface area contributed by atoms with Crippen molar-refractivity contribution in [3.05, 3.63) is 108 Å². The molecule has 4 aromatic rings. The van der Waals surface area contributed by atoms with Crippen LogP contribution in [-0.4, -0.2) is 27.7 Å². The molecule has 0 aliphatic carbocycles. The Morgan fingerprint density at radius 3 is 2.37 bits per heavy atom. The Morgan fingerprint density at radius 2 is 1.69 bits per heavy atom. The van der Waals surface area contributed by atoms with Crippen molar-refractivity contribution in [1.29, 1.82) is 0 Å². The zero-order valence-corrected chi connectivity index (χ0v) is 18.8. The van der Waals surface area contributed by atoms with Gasteiger partial charge in [0.2, 0.25) is 5.91 Å². The molecule has 0 saturated carbocycles. The van der Waals surface area contributed by atoms with Crippen LogP contribution in [0.3, 0.4) is 0 Å². The number of aromatic nitrogens is 1. The summed E-state index contributed by atoms with van der Waals surface area (Å²) in [6.45, 7) is 1.40. The molecule has 7 heteroatoms. The largest absolute Gasteiger partial charge is 0.507 e. The summed E-state index contributed by atoms with van der Waals surface area (Å²) in [6, 6.07) is 22.3. The van der Waals surface area contributed by atoms with Crippen molar-refractivity contribution < 1.29 is 19.5 Å². The predicted molar refractivity (Wildman–Crippen MR) is 134 cm³/mol. The van der Waals surface area contributed by atoms with E-state index in [4.69, 9.17) is 0 Å². The maximum atomic E-state index is 13.3. The van der Waals surface area contributed by atoms with E-state index in [0.717, 1.165) is 10.8 Å². The van der Waals surface area contributed by atoms with E-state index in [9.17, 15) is 19.5 Å². The number of Topliss-reactive ketones (excluding diaryl/α,β-unsaturated/α-hetero) is 1. The van der Waals surface area contributed by atoms with Crippen molar-refractivity contribution in [3.8, 4) is 0 Å². The smallest absolute Gasteiger partial charge is 0.300 e. The summed E-state index contributed by atoms with van der Waals surface area (Å²) in [4.78, 5) is 43.4. The molecule has 1 aliphatic heterocycles. The van der Waals surface area contributed by atoms with Crippen LogP contribution in [0.25, 0.3) is 16.5 Å². The molecule has 2 amide bonds. The zero-order valence-electron chi connectivity index (χ0n) is 18.8. The molecule has 5 rings (SSSR count). The average Bonchev–Trinajstić information content (AvgIpc) is 3.14. The Balaban J connectivity index is 1.66. The summed E-state index contributed by atoms with van der Waals surface area (Å²) in [5.41, 5.74) is 2.03. The van der Waals surface area contributed by atoms with E-state index in [1.807, 2.05) is 30.3 Å². The molecular formula is C28H21N3O4. The standard InChI is InChI=1S/C28H21N3O4/c1-17(32)30-22-10-12-23(13-11-22)31-25(21-7-4-14-29-16-21)24(27(34)28(31)35)26(33)20-9-8-18-5-2-3-6-19(18)15-20/h2-16,25,33H,1H3,(H,30,32)/b26-24-. The molecule has 0 radical (unpaired) electrons. The van der Waals surface area contributed by atoms with Crippen LogP contribution in [0.5, 0.6) is 0 Å². The van der Waals surface area contributed by atoms with E-state index in [-0.39, 0.29) is 17.2 Å². The van der Waals surface area contributed by atoms with Gasteiger partial charge in [-0.15, -0.1) is 0 Å². The quantitative estimate of drug-likeness (QED) is 0.257. The summed E-state index contributed by atoms with van der Waals surface area (Å²) in [6.07, 6.45) is 3.17. The van der Waals surface area contributed by atoms with Crippen LogP contribution in [0.1, 0.15) is 24.1 Å². The van der Waals surface area contributed by atoms with Gasteiger partial charge in [-0.05, 0) is 52.7 Å². The first-order valence-electron chi connectivity index (χ1n) is 11.0. The van der Waals surface area contributed by atoms with Crippen molar-refractivity contribution in [2.45, 2.75) is 13.0 Å². The van der Waals surface area contributed by atoms with E-state index in [1.165, 1.54) is 11.8 Å². The minimum Gasteiger partial charge on any atom is -0.507 e. The predicted octanol–water partition coefficient (Wildman–Crippen LogP) is 4.82. The maximum absolute atomic E-state index is 13.3. The van der Waals surface area contributed by atoms with Crippen LogP contribution in [0.15, 0.2) is 96.8 Å². The van der Waals surface area contributed by atoms with E-state index in [0.29, 0.717) is 22.5 Å². The fourth-order valence-electron chi connectivity index (χ4n) is 4.35. The number of nitrogens with one attached hydrogen (secondary N) is 1. The highest BCUT2D eigenvalue weighted by atomic mass is 16.3. The molecule has 2 heterocycles. The van der Waals surface area contributed by atoms with Gasteiger partial charge in [-0.25, -0.2) is 0 Å². The zero-order chi connectivity index (χ0) is 24.5. The van der Waals surface area contributed by atoms with Crippen LogP contribution in [0, 0.1) is 0 Å². The number of amides is 2. The summed E-state index contributed by atoms with van der Waals surface area (Å²) < 4.78 is 0. The molecule has 35 heavy (non-hydrogen) atoms. The molecule has 2 N–H and O–H groups in total. The van der Waals surface area contributed by atoms with Gasteiger partial charge in [0.1, 0.15) is 5.76 Å². The van der Waals surface area contributed by atoms with E-state index >= 15 is 0 Å². The third-order valence-corrected chi connectivity index (χ3v) is 5.93. The number of carbonyl (C=O) groups is 3. The highest BCUT2D eigenvalue weighted by Crippen LogP contribution is 2.42. The van der Waals surface area contributed by atoms with Gasteiger partial charge in [0.05, 0.1) is 11.6 Å². The minimum absolute atomic E-state index is 0.00998. The number of pyridine rings is 1. The monoisotopic (exact) mass is 463 g/mol. The van der Waals surface area contributed by atoms with Crippen molar-refractivity contribution in [3.63, 3.8) is 0 Å². The number of anilines is 2. The molecule has 7 nitrogen and oxygen atoms in total. The minimum atomic E-state index is -0.873. The van der Waals surface area contributed by atoms with Crippen molar-refractivity contribution in [2.24, 2.45) is 0 Å². The first-order valence-corrected chi connectivity index (χ1v) is 11.0. The maximum Gasteiger partial charge on any atom is 0.300 e. The molecule has 3 aromatic carbocycles. The van der Waals surface area contributed by atoms with Gasteiger partial charge in [0.15, 0.2) is 0 Å². The second-order valence-electron chi connectivity index (χ2n) is 8.25. The van der Waals surface area contributed by atoms with Gasteiger partial charge in [-0.1, -0.05) is 42.5 Å². The van der Waals surface area contributed by atoms with Crippen molar-refractivity contribution in [1.82, 2.24) is 4.98 Å². The number of carbonyl (C=O) groups excluding carboxylic acids is 3. The fourth-order valence-corrected chi connectivity index (χ4v) is 4.35. The van der Waals surface area contributed by atoms with E-state index < -0.39 is 17.7 Å². The molecular weight excluding hydrogens is 442 g/mol. The number of aliphatic hydroxyl groups is 1. The molecule has 0 spiro atoms. The average molecular weight is 463 g/mol. The number of hydrogen-bond acceptors (Lipinski definition) is 5. The highest BCUT2D eigenvalue weighted by Gasteiger charge is 2.47. The van der Waals surface area contributed by atoms with Crippen LogP contribution < -0.4 is 10.2 Å². The Hall–Kier alpha value is -4.78. The molecule has 1 atom stereocenters. The lowest BCUT2D eigenvalue weighted by Gasteiger charge is -2.25. The summed E-state index contributed by atoms with van der Waals surface area (Å²) in [5, 5.41) is 15.9. The van der Waals surface area contributed by atoms with Gasteiger partial charge in [0, 0.05) is 36.3 Å². The topological polar surface area (TPSA) is 99.6 Å². The summed E-state index contributed by atoms with van der Waals surface area (Å²) >= 11 is 0. The van der Waals surface area contributed by atoms with Crippen LogP contribution >= 0.6 is 0 Å². The summed E-state index contributed by atoms with van der Waals surface area (Å²) in [5.74, 6) is -2.01. The Labute approximate surface area is 201 Å². The number of ketones is 1. The third kappa shape index (κ3) is 4.04. The molecule has 172 valence electrons. The van der Waals surface area contributed by atoms with E-state index in [2.05, 4.69) is 10.3 Å². The number of rotatable bonds is 4. The molecule has 1 saturated heterocycles.